The van der Waals surface area contributed by atoms with Gasteiger partial charge in [-0.15, -0.1) is 0 Å². The highest BCUT2D eigenvalue weighted by Crippen LogP contribution is 2.05. The van der Waals surface area contributed by atoms with Crippen LogP contribution < -0.4 is 5.32 Å². The van der Waals surface area contributed by atoms with Crippen molar-refractivity contribution >= 4 is 5.97 Å². The molecule has 0 heterocycles. The van der Waals surface area contributed by atoms with E-state index in [1.807, 2.05) is 6.07 Å². The van der Waals surface area contributed by atoms with Crippen LogP contribution in [0, 0.1) is 5.92 Å². The van der Waals surface area contributed by atoms with Gasteiger partial charge in [0, 0.05) is 6.54 Å². The fraction of sp³-hybridized carbons (Fsp3) is 0.462. The molecule has 0 spiro atoms. The maximum Gasteiger partial charge on any atom is 0.335 e. The minimum absolute atomic E-state index is 0.350. The Morgan fingerprint density at radius 3 is 2.81 bits per heavy atom. The minimum Gasteiger partial charge on any atom is -0.478 e. The summed E-state index contributed by atoms with van der Waals surface area (Å²) < 4.78 is 0. The average molecular weight is 221 g/mol. The van der Waals surface area contributed by atoms with Crippen molar-refractivity contribution in [1.29, 1.82) is 0 Å². The molecule has 0 aromatic heterocycles. The summed E-state index contributed by atoms with van der Waals surface area (Å²) in [5.74, 6) is -0.179. The molecule has 0 saturated carbocycles. The van der Waals surface area contributed by atoms with Gasteiger partial charge < -0.3 is 10.4 Å². The average Bonchev–Trinajstić information content (AvgIpc) is 2.24. The predicted molar refractivity (Wildman–Crippen MR) is 64.6 cm³/mol. The van der Waals surface area contributed by atoms with Gasteiger partial charge in [-0.2, -0.15) is 0 Å². The fourth-order valence-corrected chi connectivity index (χ4v) is 1.44. The van der Waals surface area contributed by atoms with E-state index in [-0.39, 0.29) is 0 Å². The van der Waals surface area contributed by atoms with Gasteiger partial charge in [0.25, 0.3) is 0 Å². The van der Waals surface area contributed by atoms with E-state index < -0.39 is 5.97 Å². The van der Waals surface area contributed by atoms with Crippen molar-refractivity contribution in [2.24, 2.45) is 5.92 Å². The molecule has 0 fully saturated rings. The lowest BCUT2D eigenvalue weighted by Gasteiger charge is -2.07. The Morgan fingerprint density at radius 2 is 2.19 bits per heavy atom. The number of carboxylic acids is 1. The van der Waals surface area contributed by atoms with E-state index >= 15 is 0 Å². The SMILES string of the molecule is CC(C)CCNCc1cccc(C(=O)O)c1. The summed E-state index contributed by atoms with van der Waals surface area (Å²) in [5.41, 5.74) is 1.37. The molecule has 0 aliphatic heterocycles. The first-order valence-corrected chi connectivity index (χ1v) is 5.62. The molecule has 0 aliphatic rings. The summed E-state index contributed by atoms with van der Waals surface area (Å²) in [4.78, 5) is 10.8. The second-order valence-electron chi connectivity index (χ2n) is 4.36. The van der Waals surface area contributed by atoms with E-state index in [1.165, 1.54) is 0 Å². The van der Waals surface area contributed by atoms with E-state index in [4.69, 9.17) is 5.11 Å². The molecule has 0 amide bonds. The molecule has 0 bridgehead atoms. The van der Waals surface area contributed by atoms with Gasteiger partial charge in [-0.3, -0.25) is 0 Å². The Kier molecular flexibility index (Phi) is 4.99. The van der Waals surface area contributed by atoms with Crippen LogP contribution in [0.2, 0.25) is 0 Å². The van der Waals surface area contributed by atoms with E-state index in [2.05, 4.69) is 19.2 Å². The second-order valence-corrected chi connectivity index (χ2v) is 4.36. The lowest BCUT2D eigenvalue weighted by atomic mass is 10.1. The Bertz CT molecular complexity index is 348. The number of carbonyl (C=O) groups is 1. The summed E-state index contributed by atoms with van der Waals surface area (Å²) in [7, 11) is 0. The quantitative estimate of drug-likeness (QED) is 0.726. The standard InChI is InChI=1S/C13H19NO2/c1-10(2)6-7-14-9-11-4-3-5-12(8-11)13(15)16/h3-5,8,10,14H,6-7,9H2,1-2H3,(H,15,16). The monoisotopic (exact) mass is 221 g/mol. The number of aromatic carboxylic acids is 1. The van der Waals surface area contributed by atoms with Crippen LogP contribution in [-0.2, 0) is 6.54 Å². The zero-order chi connectivity index (χ0) is 12.0. The highest BCUT2D eigenvalue weighted by Gasteiger charge is 2.02. The summed E-state index contributed by atoms with van der Waals surface area (Å²) in [6, 6.07) is 7.04. The second kappa shape index (κ2) is 6.28. The molecule has 0 radical (unpaired) electrons. The van der Waals surface area contributed by atoms with E-state index in [1.54, 1.807) is 18.2 Å². The molecule has 0 saturated heterocycles. The number of nitrogens with one attached hydrogen (secondary N) is 1. The molecule has 1 aromatic rings. The normalized spacial score (nSPS) is 10.7. The molecule has 0 atom stereocenters. The van der Waals surface area contributed by atoms with Crippen molar-refractivity contribution in [2.45, 2.75) is 26.8 Å². The number of carboxylic acid groups (broad SMARTS) is 1. The lowest BCUT2D eigenvalue weighted by molar-refractivity contribution is 0.0697. The molecule has 3 heteroatoms. The first kappa shape index (κ1) is 12.7. The lowest BCUT2D eigenvalue weighted by Crippen LogP contribution is -2.16. The number of benzene rings is 1. The van der Waals surface area contributed by atoms with Crippen LogP contribution in [0.15, 0.2) is 24.3 Å². The third kappa shape index (κ3) is 4.45. The van der Waals surface area contributed by atoms with Crippen LogP contribution in [0.4, 0.5) is 0 Å². The predicted octanol–water partition coefficient (Wildman–Crippen LogP) is 2.52. The largest absolute Gasteiger partial charge is 0.478 e. The van der Waals surface area contributed by atoms with Crippen molar-refractivity contribution in [3.8, 4) is 0 Å². The van der Waals surface area contributed by atoms with Crippen molar-refractivity contribution < 1.29 is 9.90 Å². The maximum atomic E-state index is 10.8. The number of hydrogen-bond acceptors (Lipinski definition) is 2. The number of hydrogen-bond donors (Lipinski definition) is 2. The third-order valence-electron chi connectivity index (χ3n) is 2.40. The van der Waals surface area contributed by atoms with E-state index in [0.29, 0.717) is 11.5 Å². The molecule has 1 aromatic carbocycles. The van der Waals surface area contributed by atoms with Crippen molar-refractivity contribution in [1.82, 2.24) is 5.32 Å². The Labute approximate surface area is 96.5 Å². The zero-order valence-corrected chi connectivity index (χ0v) is 9.86. The van der Waals surface area contributed by atoms with Crippen LogP contribution >= 0.6 is 0 Å². The van der Waals surface area contributed by atoms with Crippen molar-refractivity contribution in [3.05, 3.63) is 35.4 Å². The Morgan fingerprint density at radius 1 is 1.44 bits per heavy atom. The van der Waals surface area contributed by atoms with Gasteiger partial charge in [0.15, 0.2) is 0 Å². The highest BCUT2D eigenvalue weighted by atomic mass is 16.4. The molecular weight excluding hydrogens is 202 g/mol. The first-order valence-electron chi connectivity index (χ1n) is 5.62. The van der Waals surface area contributed by atoms with E-state index in [9.17, 15) is 4.79 Å². The third-order valence-corrected chi connectivity index (χ3v) is 2.40. The van der Waals surface area contributed by atoms with Crippen LogP contribution in [0.1, 0.15) is 36.2 Å². The van der Waals surface area contributed by atoms with Crippen LogP contribution in [0.3, 0.4) is 0 Å². The zero-order valence-electron chi connectivity index (χ0n) is 9.86. The molecule has 0 aliphatic carbocycles. The van der Waals surface area contributed by atoms with Crippen LogP contribution in [0.5, 0.6) is 0 Å². The van der Waals surface area contributed by atoms with Gasteiger partial charge in [0.2, 0.25) is 0 Å². The van der Waals surface area contributed by atoms with Gasteiger partial charge in [-0.25, -0.2) is 4.79 Å². The summed E-state index contributed by atoms with van der Waals surface area (Å²) in [5, 5.41) is 12.1. The topological polar surface area (TPSA) is 49.3 Å². The van der Waals surface area contributed by atoms with Gasteiger partial charge in [-0.1, -0.05) is 26.0 Å². The number of rotatable bonds is 6. The van der Waals surface area contributed by atoms with Gasteiger partial charge in [-0.05, 0) is 36.6 Å². The van der Waals surface area contributed by atoms with Gasteiger partial charge in [0.05, 0.1) is 5.56 Å². The fourth-order valence-electron chi connectivity index (χ4n) is 1.44. The van der Waals surface area contributed by atoms with Gasteiger partial charge >= 0.3 is 5.97 Å². The Balaban J connectivity index is 2.42. The molecule has 88 valence electrons. The van der Waals surface area contributed by atoms with Crippen molar-refractivity contribution in [2.75, 3.05) is 6.54 Å². The Hall–Kier alpha value is -1.35. The summed E-state index contributed by atoms with van der Waals surface area (Å²) in [6.45, 7) is 6.07. The van der Waals surface area contributed by atoms with E-state index in [0.717, 1.165) is 25.1 Å². The van der Waals surface area contributed by atoms with Crippen molar-refractivity contribution in [3.63, 3.8) is 0 Å². The highest BCUT2D eigenvalue weighted by molar-refractivity contribution is 5.87. The van der Waals surface area contributed by atoms with Gasteiger partial charge in [0.1, 0.15) is 0 Å². The smallest absolute Gasteiger partial charge is 0.335 e. The molecular formula is C13H19NO2. The molecule has 0 unspecified atom stereocenters. The minimum atomic E-state index is -0.871. The van der Waals surface area contributed by atoms with Crippen LogP contribution in [0.25, 0.3) is 0 Å². The first-order chi connectivity index (χ1) is 7.59. The molecule has 2 N–H and O–H groups in total. The molecule has 3 nitrogen and oxygen atoms in total. The maximum absolute atomic E-state index is 10.8. The molecule has 1 rings (SSSR count). The van der Waals surface area contributed by atoms with Crippen LogP contribution in [-0.4, -0.2) is 17.6 Å². The molecule has 16 heavy (non-hydrogen) atoms. The summed E-state index contributed by atoms with van der Waals surface area (Å²) in [6.07, 6.45) is 1.14. The summed E-state index contributed by atoms with van der Waals surface area (Å²) >= 11 is 0.